The molecular weight excluding hydrogens is 486 g/mol. The molecule has 4 rings (SSSR count). The molecule has 1 atom stereocenters. The van der Waals surface area contributed by atoms with Gasteiger partial charge in [-0.3, -0.25) is 10.2 Å². The van der Waals surface area contributed by atoms with Gasteiger partial charge in [0.15, 0.2) is 0 Å². The van der Waals surface area contributed by atoms with Crippen molar-refractivity contribution in [3.63, 3.8) is 0 Å². The van der Waals surface area contributed by atoms with E-state index >= 15 is 0 Å². The summed E-state index contributed by atoms with van der Waals surface area (Å²) in [7, 11) is -3.87. The lowest BCUT2D eigenvalue weighted by Gasteiger charge is -2.27. The van der Waals surface area contributed by atoms with Crippen molar-refractivity contribution in [2.24, 2.45) is 16.8 Å². The number of nitrogens with one attached hydrogen (secondary N) is 3. The molecule has 3 aromatic rings. The lowest BCUT2D eigenvalue weighted by atomic mass is 9.84. The van der Waals surface area contributed by atoms with Crippen molar-refractivity contribution in [1.29, 1.82) is 5.41 Å². The Balaban J connectivity index is 1.53. The molecule has 0 radical (unpaired) electrons. The Bertz CT molecular complexity index is 1370. The number of nitrogens with two attached hydrogens (primary N) is 2. The maximum absolute atomic E-state index is 13.4. The number of hydrogen-bond donors (Lipinski definition) is 5. The van der Waals surface area contributed by atoms with Crippen LogP contribution < -0.4 is 21.5 Å². The van der Waals surface area contributed by atoms with E-state index in [4.69, 9.17) is 16.3 Å². The van der Waals surface area contributed by atoms with Crippen LogP contribution in [-0.2, 0) is 14.8 Å². The molecule has 0 bridgehead atoms. The van der Waals surface area contributed by atoms with Crippen LogP contribution in [0.4, 0.5) is 11.4 Å². The molecule has 0 saturated heterocycles. The number of anilines is 2. The first-order valence-electron chi connectivity index (χ1n) is 12.4. The van der Waals surface area contributed by atoms with Gasteiger partial charge >= 0.3 is 0 Å². The lowest BCUT2D eigenvalue weighted by Crippen LogP contribution is -2.37. The largest absolute Gasteiger partial charge is 0.384 e. The van der Waals surface area contributed by atoms with Crippen molar-refractivity contribution in [1.82, 2.24) is 0 Å². The first kappa shape index (κ1) is 26.4. The number of primary sulfonamides is 1. The minimum absolute atomic E-state index is 0.0268. The number of nitrogen functional groups attached to an aromatic ring is 1. The van der Waals surface area contributed by atoms with Gasteiger partial charge in [-0.05, 0) is 48.2 Å². The van der Waals surface area contributed by atoms with E-state index in [2.05, 4.69) is 10.6 Å². The number of amides is 1. The predicted molar refractivity (Wildman–Crippen MR) is 148 cm³/mol. The number of amidine groups is 1. The summed E-state index contributed by atoms with van der Waals surface area (Å²) in [5, 5.41) is 19.4. The number of sulfonamides is 1. The van der Waals surface area contributed by atoms with Crippen molar-refractivity contribution in [2.45, 2.75) is 49.5 Å². The summed E-state index contributed by atoms with van der Waals surface area (Å²) >= 11 is 0. The highest BCUT2D eigenvalue weighted by Gasteiger charge is 2.25. The molecule has 0 aliphatic heterocycles. The van der Waals surface area contributed by atoms with Crippen LogP contribution in [0.3, 0.4) is 0 Å². The van der Waals surface area contributed by atoms with Crippen LogP contribution in [-0.4, -0.2) is 26.2 Å². The lowest BCUT2D eigenvalue weighted by molar-refractivity contribution is -0.117. The van der Waals surface area contributed by atoms with Crippen LogP contribution >= 0.6 is 0 Å². The summed E-state index contributed by atoms with van der Waals surface area (Å²) in [6, 6.07) is 20.3. The number of hydrogen-bond acceptors (Lipinski definition) is 5. The zero-order valence-electron chi connectivity index (χ0n) is 20.6. The van der Waals surface area contributed by atoms with Crippen molar-refractivity contribution >= 4 is 33.1 Å². The first-order chi connectivity index (χ1) is 17.7. The number of carbonyl (C=O) groups excluding carboxylic acids is 1. The molecule has 8 nitrogen and oxygen atoms in total. The molecule has 1 aliphatic rings. The molecule has 0 unspecified atom stereocenters. The normalized spacial score (nSPS) is 15.1. The van der Waals surface area contributed by atoms with Gasteiger partial charge in [0.05, 0.1) is 4.90 Å². The van der Waals surface area contributed by atoms with E-state index in [1.165, 1.54) is 25.3 Å². The van der Waals surface area contributed by atoms with Gasteiger partial charge in [0.25, 0.3) is 0 Å². The van der Waals surface area contributed by atoms with Gasteiger partial charge in [-0.25, -0.2) is 13.6 Å². The Kier molecular flexibility index (Phi) is 8.25. The van der Waals surface area contributed by atoms with Gasteiger partial charge in [0, 0.05) is 22.5 Å². The predicted octanol–water partition coefficient (Wildman–Crippen LogP) is 4.67. The Morgan fingerprint density at radius 1 is 0.946 bits per heavy atom. The van der Waals surface area contributed by atoms with Gasteiger partial charge < -0.3 is 16.4 Å². The van der Waals surface area contributed by atoms with Crippen LogP contribution in [0, 0.1) is 11.3 Å². The molecule has 3 aromatic carbocycles. The van der Waals surface area contributed by atoms with Gasteiger partial charge in [-0.1, -0.05) is 74.6 Å². The third-order valence-corrected chi connectivity index (χ3v) is 7.75. The molecule has 0 aromatic heterocycles. The smallest absolute Gasteiger partial charge is 0.246 e. The summed E-state index contributed by atoms with van der Waals surface area (Å²) in [5.74, 6) is 0.280. The zero-order chi connectivity index (χ0) is 26.4. The molecule has 194 valence electrons. The van der Waals surface area contributed by atoms with E-state index < -0.39 is 16.1 Å². The van der Waals surface area contributed by atoms with E-state index in [9.17, 15) is 13.2 Å². The molecule has 9 heteroatoms. The van der Waals surface area contributed by atoms with Crippen molar-refractivity contribution in [3.05, 3.63) is 78.4 Å². The number of rotatable bonds is 9. The van der Waals surface area contributed by atoms with Crippen molar-refractivity contribution in [3.8, 4) is 11.1 Å². The van der Waals surface area contributed by atoms with E-state index in [-0.39, 0.29) is 16.6 Å². The molecule has 1 amide bonds. The monoisotopic (exact) mass is 519 g/mol. The van der Waals surface area contributed by atoms with Crippen LogP contribution in [0.15, 0.2) is 77.7 Å². The van der Waals surface area contributed by atoms with E-state index in [0.29, 0.717) is 34.7 Å². The fourth-order valence-electron chi connectivity index (χ4n) is 4.88. The van der Waals surface area contributed by atoms with Crippen molar-refractivity contribution < 1.29 is 13.2 Å². The fourth-order valence-corrected chi connectivity index (χ4v) is 5.64. The summed E-state index contributed by atoms with van der Waals surface area (Å²) in [5.41, 5.74) is 8.77. The Hall–Kier alpha value is -3.69. The molecule has 7 N–H and O–H groups in total. The van der Waals surface area contributed by atoms with E-state index in [0.717, 1.165) is 18.5 Å². The van der Waals surface area contributed by atoms with Gasteiger partial charge in [0.1, 0.15) is 11.9 Å². The molecular formula is C28H33N5O3S. The minimum atomic E-state index is -3.87. The van der Waals surface area contributed by atoms with Crippen LogP contribution in [0.1, 0.15) is 44.1 Å². The van der Waals surface area contributed by atoms with Crippen LogP contribution in [0.25, 0.3) is 11.1 Å². The molecule has 1 fully saturated rings. The summed E-state index contributed by atoms with van der Waals surface area (Å²) in [6.45, 7) is 0. The van der Waals surface area contributed by atoms with Crippen molar-refractivity contribution in [2.75, 3.05) is 10.6 Å². The number of carbonyl (C=O) groups is 1. The highest BCUT2D eigenvalue weighted by molar-refractivity contribution is 7.89. The molecule has 0 heterocycles. The third kappa shape index (κ3) is 6.96. The average Bonchev–Trinajstić information content (AvgIpc) is 2.89. The topological polar surface area (TPSA) is 151 Å². The Morgan fingerprint density at radius 3 is 2.32 bits per heavy atom. The maximum Gasteiger partial charge on any atom is 0.246 e. The standard InChI is InChI=1S/C28H33N5O3S/c29-27(30)21-9-6-10-23(18-21)32-25(17-19-7-2-1-3-8-19)28(34)33-22-15-13-20(14-16-22)24-11-4-5-12-26(24)37(31,35)36/h4-6,9-16,18-19,25,32H,1-3,7-8,17H2,(H3,29,30)(H,33,34)(H2,31,35,36)/t25-/m0/s1. The highest BCUT2D eigenvalue weighted by Crippen LogP contribution is 2.30. The van der Waals surface area contributed by atoms with Crippen LogP contribution in [0.2, 0.25) is 0 Å². The Morgan fingerprint density at radius 2 is 1.65 bits per heavy atom. The second-order valence-electron chi connectivity index (χ2n) is 9.54. The second-order valence-corrected chi connectivity index (χ2v) is 11.1. The summed E-state index contributed by atoms with van der Waals surface area (Å²) in [6.07, 6.45) is 6.52. The van der Waals surface area contributed by atoms with Crippen LogP contribution in [0.5, 0.6) is 0 Å². The molecule has 1 saturated carbocycles. The fraction of sp³-hybridized carbons (Fsp3) is 0.286. The average molecular weight is 520 g/mol. The maximum atomic E-state index is 13.4. The minimum Gasteiger partial charge on any atom is -0.384 e. The second kappa shape index (κ2) is 11.6. The molecule has 1 aliphatic carbocycles. The molecule has 0 spiro atoms. The zero-order valence-corrected chi connectivity index (χ0v) is 21.4. The summed E-state index contributed by atoms with van der Waals surface area (Å²) in [4.78, 5) is 13.5. The first-order valence-corrected chi connectivity index (χ1v) is 14.0. The van der Waals surface area contributed by atoms with Gasteiger partial charge in [-0.15, -0.1) is 0 Å². The number of benzene rings is 3. The van der Waals surface area contributed by atoms with Gasteiger partial charge in [0.2, 0.25) is 15.9 Å². The van der Waals surface area contributed by atoms with E-state index in [1.54, 1.807) is 54.6 Å². The molecule has 37 heavy (non-hydrogen) atoms. The van der Waals surface area contributed by atoms with Gasteiger partial charge in [-0.2, -0.15) is 0 Å². The highest BCUT2D eigenvalue weighted by atomic mass is 32.2. The Labute approximate surface area is 218 Å². The third-order valence-electron chi connectivity index (χ3n) is 6.78. The van der Waals surface area contributed by atoms with E-state index in [1.807, 2.05) is 12.1 Å². The quantitative estimate of drug-likeness (QED) is 0.205. The summed E-state index contributed by atoms with van der Waals surface area (Å²) < 4.78 is 24.0. The SMILES string of the molecule is N=C(N)c1cccc(N[C@@H](CC2CCCCC2)C(=O)Nc2ccc(-c3ccccc3S(N)(=O)=O)cc2)c1.